The van der Waals surface area contributed by atoms with Gasteiger partial charge in [0.25, 0.3) is 0 Å². The van der Waals surface area contributed by atoms with Crippen molar-refractivity contribution in [3.05, 3.63) is 70.8 Å². The minimum Gasteiger partial charge on any atom is -0.246 e. The Hall–Kier alpha value is -2.92. The number of benzene rings is 2. The number of unbranched alkanes of at least 4 members (excludes halogenated alkanes) is 44. The summed E-state index contributed by atoms with van der Waals surface area (Å²) in [7, 11) is 0. The number of hydrogen-bond donors (Lipinski definition) is 0. The van der Waals surface area contributed by atoms with E-state index in [0.717, 1.165) is 67.7 Å². The number of hydrogen-bond acceptors (Lipinski definition) is 2. The van der Waals surface area contributed by atoms with Gasteiger partial charge in [-0.05, 0) is 129 Å². The zero-order valence-electron chi connectivity index (χ0n) is 54.7. The van der Waals surface area contributed by atoms with Gasteiger partial charge in [-0.15, -0.1) is 0 Å². The summed E-state index contributed by atoms with van der Waals surface area (Å²) in [6.07, 6.45) is 77.4. The highest BCUT2D eigenvalue weighted by Crippen LogP contribution is 2.26. The van der Waals surface area contributed by atoms with Gasteiger partial charge in [0, 0.05) is 6.42 Å². The van der Waals surface area contributed by atoms with E-state index in [0.29, 0.717) is 0 Å². The summed E-state index contributed by atoms with van der Waals surface area (Å²) in [6.45, 7) is 13.9. The number of aryl methyl sites for hydroxylation is 4. The predicted molar refractivity (Wildman–Crippen MR) is 364 cm³/mol. The van der Waals surface area contributed by atoms with Crippen molar-refractivity contribution in [2.75, 3.05) is 0 Å². The highest BCUT2D eigenvalue weighted by molar-refractivity contribution is 6.53. The Morgan fingerprint density at radius 2 is 0.600 bits per heavy atom. The van der Waals surface area contributed by atoms with Gasteiger partial charge in [-0.3, -0.25) is 0 Å². The molecular weight excluding hydrogens is 965 g/mol. The summed E-state index contributed by atoms with van der Waals surface area (Å²) in [6, 6.07) is 14.0. The third-order valence-corrected chi connectivity index (χ3v) is 17.2. The second-order valence-electron chi connectivity index (χ2n) is 25.0. The molecule has 0 bridgehead atoms. The standard InChI is InChI=1S/C78H134N2/c1-7-13-19-21-23-25-27-29-31-33-35-37-38-40-42-44-46-48-50-52-54-56-58-64-78(80-76-68-66-72(60-16-10-4)74(70-76)62-18-12-6)77(79-75-67-65-71(59-15-9-3)73(69-75)61-17-11-5)63-57-55-53-51-49-47-45-43-41-39-36-34-32-30-28-26-24-22-20-14-8-2/h57,63,65-70H,7-56,59-62H2,1-6H3/b63-57+,79-77?,80-78?. The molecule has 2 aromatic carbocycles. The molecule has 0 saturated carbocycles. The summed E-state index contributed by atoms with van der Waals surface area (Å²) < 4.78 is 0. The Morgan fingerprint density at radius 3 is 0.938 bits per heavy atom. The molecule has 0 N–H and O–H groups in total. The fourth-order valence-corrected chi connectivity index (χ4v) is 11.7. The summed E-state index contributed by atoms with van der Waals surface area (Å²) in [4.78, 5) is 11.0. The normalized spacial score (nSPS) is 12.1. The molecule has 456 valence electrons. The second kappa shape index (κ2) is 56.6. The average molecular weight is 1100 g/mol. The maximum Gasteiger partial charge on any atom is 0.139 e. The lowest BCUT2D eigenvalue weighted by Gasteiger charge is -2.12. The maximum atomic E-state index is 5.50. The van der Waals surface area contributed by atoms with Crippen molar-refractivity contribution in [3.8, 4) is 11.8 Å². The molecule has 0 saturated heterocycles. The third kappa shape index (κ3) is 42.0. The summed E-state index contributed by atoms with van der Waals surface area (Å²) in [5.41, 5.74) is 9.74. The zero-order chi connectivity index (χ0) is 57.3. The number of rotatable bonds is 57. The van der Waals surface area contributed by atoms with Crippen LogP contribution in [-0.4, -0.2) is 11.4 Å². The van der Waals surface area contributed by atoms with E-state index in [1.807, 2.05) is 0 Å². The first-order valence-corrected chi connectivity index (χ1v) is 36.2. The molecule has 2 heteroatoms. The molecule has 0 radical (unpaired) electrons. The fourth-order valence-electron chi connectivity index (χ4n) is 11.7. The topological polar surface area (TPSA) is 24.7 Å². The molecule has 2 nitrogen and oxygen atoms in total. The van der Waals surface area contributed by atoms with Crippen molar-refractivity contribution < 1.29 is 0 Å². The van der Waals surface area contributed by atoms with Crippen LogP contribution in [0.5, 0.6) is 0 Å². The van der Waals surface area contributed by atoms with Crippen LogP contribution in [-0.2, 0) is 25.7 Å². The molecule has 0 atom stereocenters. The average Bonchev–Trinajstić information content (AvgIpc) is 3.50. The molecule has 0 aliphatic carbocycles. The number of allylic oxidation sites excluding steroid dienone is 2. The van der Waals surface area contributed by atoms with Gasteiger partial charge in [0.2, 0.25) is 0 Å². The molecule has 0 unspecified atom stereocenters. The summed E-state index contributed by atoms with van der Waals surface area (Å²) in [5.74, 6) is 7.34. The third-order valence-electron chi connectivity index (χ3n) is 17.2. The first kappa shape index (κ1) is 73.2. The minimum atomic E-state index is 0.825. The first-order valence-electron chi connectivity index (χ1n) is 36.2. The Kier molecular flexibility index (Phi) is 51.7. The predicted octanol–water partition coefficient (Wildman–Crippen LogP) is 26.9. The fraction of sp³-hybridized carbons (Fsp3) is 0.769. The Labute approximate surface area is 501 Å². The van der Waals surface area contributed by atoms with Gasteiger partial charge in [-0.1, -0.05) is 335 Å². The molecule has 0 spiro atoms. The Bertz CT molecular complexity index is 1830. The largest absolute Gasteiger partial charge is 0.246 e. The lowest BCUT2D eigenvalue weighted by atomic mass is 9.97. The van der Waals surface area contributed by atoms with Gasteiger partial charge in [0.15, 0.2) is 0 Å². The van der Waals surface area contributed by atoms with E-state index in [1.165, 1.54) is 324 Å². The van der Waals surface area contributed by atoms with E-state index in [4.69, 9.17) is 9.98 Å². The molecule has 0 fully saturated rings. The van der Waals surface area contributed by atoms with Crippen LogP contribution in [0.4, 0.5) is 11.4 Å². The second-order valence-corrected chi connectivity index (χ2v) is 25.0. The quantitative estimate of drug-likeness (QED) is 0.0358. The van der Waals surface area contributed by atoms with E-state index in [2.05, 4.69) is 102 Å². The molecule has 2 aromatic rings. The highest BCUT2D eigenvalue weighted by Gasteiger charge is 2.11. The van der Waals surface area contributed by atoms with Crippen LogP contribution < -0.4 is 0 Å². The SMILES string of the molecule is CCCCCCCCCCCCCCCCCCCCC/C=C/C(=Nc1ccc(CCCC)c(CCCC)c1)C(C#CCCCCCCCCCCCCCCCCCCCCCCC)=Nc1ccc(CCCC)c(CCCC)c1. The van der Waals surface area contributed by atoms with Gasteiger partial charge < -0.3 is 0 Å². The highest BCUT2D eigenvalue weighted by atomic mass is 14.8. The van der Waals surface area contributed by atoms with Crippen LogP contribution in [0, 0.1) is 11.8 Å². The van der Waals surface area contributed by atoms with E-state index in [9.17, 15) is 0 Å². The lowest BCUT2D eigenvalue weighted by Crippen LogP contribution is -2.10. The Balaban J connectivity index is 2.07. The van der Waals surface area contributed by atoms with Crippen molar-refractivity contribution >= 4 is 22.8 Å². The number of nitrogens with zero attached hydrogens (tertiary/aromatic N) is 2. The van der Waals surface area contributed by atoms with E-state index in [-0.39, 0.29) is 0 Å². The van der Waals surface area contributed by atoms with Gasteiger partial charge in [-0.25, -0.2) is 9.98 Å². The van der Waals surface area contributed by atoms with Crippen LogP contribution in [0.3, 0.4) is 0 Å². The van der Waals surface area contributed by atoms with Crippen molar-refractivity contribution in [2.45, 2.75) is 388 Å². The molecule has 80 heavy (non-hydrogen) atoms. The van der Waals surface area contributed by atoms with Crippen molar-refractivity contribution in [1.29, 1.82) is 0 Å². The molecule has 0 amide bonds. The molecule has 0 aromatic heterocycles. The van der Waals surface area contributed by atoms with Crippen LogP contribution in [0.15, 0.2) is 58.5 Å². The molecule has 0 heterocycles. The van der Waals surface area contributed by atoms with Crippen molar-refractivity contribution in [2.24, 2.45) is 9.98 Å². The summed E-state index contributed by atoms with van der Waals surface area (Å²) in [5, 5.41) is 0. The molecule has 0 aliphatic heterocycles. The van der Waals surface area contributed by atoms with Crippen LogP contribution in [0.1, 0.15) is 385 Å². The lowest BCUT2D eigenvalue weighted by molar-refractivity contribution is 0.520. The molecule has 0 aliphatic rings. The first-order chi connectivity index (χ1) is 39.6. The van der Waals surface area contributed by atoms with Gasteiger partial charge in [0.1, 0.15) is 5.71 Å². The van der Waals surface area contributed by atoms with Crippen molar-refractivity contribution in [3.63, 3.8) is 0 Å². The van der Waals surface area contributed by atoms with Gasteiger partial charge in [0.05, 0.1) is 17.1 Å². The van der Waals surface area contributed by atoms with Crippen molar-refractivity contribution in [1.82, 2.24) is 0 Å². The molecule has 2 rings (SSSR count). The smallest absolute Gasteiger partial charge is 0.139 e. The van der Waals surface area contributed by atoms with Crippen LogP contribution in [0.25, 0.3) is 0 Å². The van der Waals surface area contributed by atoms with E-state index >= 15 is 0 Å². The summed E-state index contributed by atoms with van der Waals surface area (Å²) >= 11 is 0. The van der Waals surface area contributed by atoms with Crippen LogP contribution in [0.2, 0.25) is 0 Å². The van der Waals surface area contributed by atoms with E-state index < -0.39 is 0 Å². The minimum absolute atomic E-state index is 0.825. The maximum absolute atomic E-state index is 5.50. The van der Waals surface area contributed by atoms with Gasteiger partial charge in [-0.2, -0.15) is 0 Å². The molecular formula is C78H134N2. The van der Waals surface area contributed by atoms with Crippen LogP contribution >= 0.6 is 0 Å². The van der Waals surface area contributed by atoms with E-state index in [1.54, 1.807) is 0 Å². The zero-order valence-corrected chi connectivity index (χ0v) is 54.7. The number of aliphatic imine (C=N–C) groups is 2. The monoisotopic (exact) mass is 1100 g/mol. The van der Waals surface area contributed by atoms with Gasteiger partial charge >= 0.3 is 0 Å². The Morgan fingerprint density at radius 1 is 0.312 bits per heavy atom.